The van der Waals surface area contributed by atoms with Crippen LogP contribution in [0.3, 0.4) is 0 Å². The van der Waals surface area contributed by atoms with E-state index in [9.17, 15) is 19.5 Å². The molecule has 2 aliphatic heterocycles. The first-order valence-corrected chi connectivity index (χ1v) is 12.5. The number of carbonyl (C=O) groups excluding carboxylic acids is 2. The van der Waals surface area contributed by atoms with Crippen molar-refractivity contribution in [3.63, 3.8) is 0 Å². The van der Waals surface area contributed by atoms with Gasteiger partial charge in [0.05, 0.1) is 6.42 Å². The Labute approximate surface area is 206 Å². The highest BCUT2D eigenvalue weighted by atomic mass is 16.4. The Morgan fingerprint density at radius 2 is 1.97 bits per heavy atom. The number of fused-ring (bicyclic) bond motifs is 1. The predicted molar refractivity (Wildman–Crippen MR) is 133 cm³/mol. The maximum absolute atomic E-state index is 12.7. The third-order valence-electron chi connectivity index (χ3n) is 6.81. The second-order valence-electron chi connectivity index (χ2n) is 9.50. The van der Waals surface area contributed by atoms with Gasteiger partial charge in [0.2, 0.25) is 11.8 Å². The van der Waals surface area contributed by atoms with Gasteiger partial charge in [0.15, 0.2) is 0 Å². The molecule has 2 aliphatic rings. The van der Waals surface area contributed by atoms with Crippen LogP contribution in [-0.2, 0) is 27.2 Å². The molecule has 2 atom stereocenters. The number of anilines is 1. The van der Waals surface area contributed by atoms with Crippen LogP contribution in [0.15, 0.2) is 42.5 Å². The first-order chi connectivity index (χ1) is 17.0. The van der Waals surface area contributed by atoms with E-state index in [1.165, 1.54) is 5.56 Å². The molecule has 3 N–H and O–H groups in total. The van der Waals surface area contributed by atoms with Crippen LogP contribution in [0.25, 0.3) is 0 Å². The molecular formula is C27H34N4O4. The van der Waals surface area contributed by atoms with Crippen molar-refractivity contribution in [2.24, 2.45) is 0 Å². The van der Waals surface area contributed by atoms with Crippen LogP contribution in [0.1, 0.15) is 61.3 Å². The van der Waals surface area contributed by atoms with Gasteiger partial charge in [-0.15, -0.1) is 0 Å². The van der Waals surface area contributed by atoms with Crippen molar-refractivity contribution in [2.45, 2.75) is 63.3 Å². The van der Waals surface area contributed by atoms with Crippen molar-refractivity contribution in [2.75, 3.05) is 25.0 Å². The van der Waals surface area contributed by atoms with Crippen molar-refractivity contribution < 1.29 is 19.5 Å². The van der Waals surface area contributed by atoms with E-state index in [4.69, 9.17) is 4.98 Å². The molecule has 0 bridgehead atoms. The lowest BCUT2D eigenvalue weighted by molar-refractivity contribution is -0.137. The molecule has 0 aliphatic carbocycles. The quantitative estimate of drug-likeness (QED) is 0.484. The number of carboxylic acid groups (broad SMARTS) is 1. The number of likely N-dealkylation sites (tertiary alicyclic amines) is 1. The third-order valence-corrected chi connectivity index (χ3v) is 6.81. The van der Waals surface area contributed by atoms with Gasteiger partial charge in [-0.1, -0.05) is 36.4 Å². The van der Waals surface area contributed by atoms with Crippen LogP contribution in [0, 0.1) is 0 Å². The lowest BCUT2D eigenvalue weighted by Crippen LogP contribution is -2.39. The zero-order valence-electron chi connectivity index (χ0n) is 20.0. The molecule has 0 saturated carbocycles. The van der Waals surface area contributed by atoms with Crippen LogP contribution in [0.2, 0.25) is 0 Å². The monoisotopic (exact) mass is 478 g/mol. The number of aliphatic carboxylic acids is 1. The number of nitrogens with one attached hydrogen (secondary N) is 2. The molecular weight excluding hydrogens is 444 g/mol. The molecule has 2 aromatic rings. The lowest BCUT2D eigenvalue weighted by Gasteiger charge is -2.19. The normalized spacial score (nSPS) is 17.8. The van der Waals surface area contributed by atoms with Crippen molar-refractivity contribution in [3.8, 4) is 0 Å². The van der Waals surface area contributed by atoms with E-state index in [0.29, 0.717) is 25.9 Å². The summed E-state index contributed by atoms with van der Waals surface area (Å²) in [5, 5.41) is 15.6. The number of rotatable bonds is 10. The van der Waals surface area contributed by atoms with Crippen molar-refractivity contribution in [1.82, 2.24) is 15.2 Å². The Hall–Kier alpha value is -3.42. The number of nitrogens with zero attached hydrogens (tertiary/aromatic N) is 2. The van der Waals surface area contributed by atoms with Crippen LogP contribution in [0.4, 0.5) is 5.82 Å². The number of amides is 2. The highest BCUT2D eigenvalue weighted by Crippen LogP contribution is 2.24. The molecule has 0 spiro atoms. The molecule has 35 heavy (non-hydrogen) atoms. The molecule has 1 aromatic carbocycles. The third kappa shape index (κ3) is 7.04. The number of hydrogen-bond acceptors (Lipinski definition) is 5. The molecule has 3 heterocycles. The highest BCUT2D eigenvalue weighted by molar-refractivity contribution is 5.79. The summed E-state index contributed by atoms with van der Waals surface area (Å²) in [7, 11) is 0. The van der Waals surface area contributed by atoms with Gasteiger partial charge in [-0.3, -0.25) is 14.4 Å². The van der Waals surface area contributed by atoms with Crippen LogP contribution in [0.5, 0.6) is 0 Å². The molecule has 1 unspecified atom stereocenters. The number of hydrogen-bond donors (Lipinski definition) is 3. The van der Waals surface area contributed by atoms with E-state index >= 15 is 0 Å². The van der Waals surface area contributed by atoms with Gasteiger partial charge < -0.3 is 20.6 Å². The Morgan fingerprint density at radius 1 is 1.14 bits per heavy atom. The van der Waals surface area contributed by atoms with Crippen LogP contribution in [-0.4, -0.2) is 58.5 Å². The molecule has 2 amide bonds. The van der Waals surface area contributed by atoms with Crippen LogP contribution < -0.4 is 10.6 Å². The summed E-state index contributed by atoms with van der Waals surface area (Å²) < 4.78 is 0. The zero-order chi connectivity index (χ0) is 24.6. The molecule has 8 nitrogen and oxygen atoms in total. The predicted octanol–water partition coefficient (Wildman–Crippen LogP) is 3.13. The van der Waals surface area contributed by atoms with E-state index < -0.39 is 5.97 Å². The number of carbonyl (C=O) groups is 3. The fourth-order valence-electron chi connectivity index (χ4n) is 4.95. The van der Waals surface area contributed by atoms with Crippen molar-refractivity contribution in [1.29, 1.82) is 0 Å². The smallest absolute Gasteiger partial charge is 0.303 e. The van der Waals surface area contributed by atoms with Crippen LogP contribution >= 0.6 is 0 Å². The van der Waals surface area contributed by atoms with Gasteiger partial charge >= 0.3 is 5.97 Å². The van der Waals surface area contributed by atoms with Gasteiger partial charge in [0, 0.05) is 50.1 Å². The second kappa shape index (κ2) is 11.8. The van der Waals surface area contributed by atoms with Gasteiger partial charge in [-0.2, -0.15) is 0 Å². The summed E-state index contributed by atoms with van der Waals surface area (Å²) in [5.74, 6) is -0.389. The lowest BCUT2D eigenvalue weighted by atomic mass is 9.92. The first-order valence-electron chi connectivity index (χ1n) is 12.5. The van der Waals surface area contributed by atoms with E-state index in [1.807, 2.05) is 35.2 Å². The molecule has 0 radical (unpaired) electrons. The number of pyridine rings is 1. The highest BCUT2D eigenvalue weighted by Gasteiger charge is 2.28. The van der Waals surface area contributed by atoms with Crippen molar-refractivity contribution in [3.05, 3.63) is 59.3 Å². The Kier molecular flexibility index (Phi) is 8.34. The number of benzene rings is 1. The molecule has 8 heteroatoms. The average Bonchev–Trinajstić information content (AvgIpc) is 3.32. The zero-order valence-corrected chi connectivity index (χ0v) is 20.0. The largest absolute Gasteiger partial charge is 0.481 e. The summed E-state index contributed by atoms with van der Waals surface area (Å²) in [5.41, 5.74) is 3.11. The van der Waals surface area contributed by atoms with Gasteiger partial charge in [0.1, 0.15) is 5.82 Å². The molecule has 186 valence electrons. The van der Waals surface area contributed by atoms with Gasteiger partial charge in [0.25, 0.3) is 0 Å². The minimum atomic E-state index is -0.925. The van der Waals surface area contributed by atoms with Gasteiger partial charge in [-0.05, 0) is 49.3 Å². The fourth-order valence-corrected chi connectivity index (χ4v) is 4.95. The summed E-state index contributed by atoms with van der Waals surface area (Å²) in [6, 6.07) is 13.4. The first kappa shape index (κ1) is 24.7. The van der Waals surface area contributed by atoms with Gasteiger partial charge in [-0.25, -0.2) is 4.98 Å². The fraction of sp³-hybridized carbons (Fsp3) is 0.481. The number of aromatic nitrogens is 1. The van der Waals surface area contributed by atoms with E-state index in [-0.39, 0.29) is 36.6 Å². The average molecular weight is 479 g/mol. The Balaban J connectivity index is 1.20. The Morgan fingerprint density at radius 3 is 2.77 bits per heavy atom. The maximum atomic E-state index is 12.7. The Bertz CT molecular complexity index is 1040. The number of aryl methyl sites for hydroxylation is 2. The SMILES string of the molecule is O=C(O)CC(CC(=O)N[C@@H]1CCN(C(=O)CCCc2ccc3c(n2)NCCC3)C1)c1ccccc1. The second-order valence-corrected chi connectivity index (χ2v) is 9.50. The maximum Gasteiger partial charge on any atom is 0.303 e. The standard InChI is InChI=1S/C27H34N4O4/c32-24(16-21(17-26(34)35)19-6-2-1-3-7-19)29-23-13-15-31(18-23)25(33)10-4-9-22-12-11-20-8-5-14-28-27(20)30-22/h1-3,6-7,11-12,21,23H,4-5,8-10,13-18H2,(H,28,30)(H,29,32)(H,34,35)/t21?,23-/m1/s1. The minimum Gasteiger partial charge on any atom is -0.481 e. The summed E-state index contributed by atoms with van der Waals surface area (Å²) in [6.45, 7) is 2.09. The molecule has 1 fully saturated rings. The minimum absolute atomic E-state index is 0.0954. The molecule has 1 saturated heterocycles. The number of carboxylic acids is 1. The molecule has 1 aromatic heterocycles. The van der Waals surface area contributed by atoms with E-state index in [1.54, 1.807) is 0 Å². The van der Waals surface area contributed by atoms with Crippen molar-refractivity contribution >= 4 is 23.6 Å². The van der Waals surface area contributed by atoms with E-state index in [2.05, 4.69) is 22.8 Å². The summed E-state index contributed by atoms with van der Waals surface area (Å²) >= 11 is 0. The van der Waals surface area contributed by atoms with E-state index in [0.717, 1.165) is 49.3 Å². The summed E-state index contributed by atoms with van der Waals surface area (Å²) in [4.78, 5) is 43.1. The topological polar surface area (TPSA) is 112 Å². The summed E-state index contributed by atoms with van der Waals surface area (Å²) in [6.07, 6.45) is 4.89. The molecule has 4 rings (SSSR count).